The van der Waals surface area contributed by atoms with Gasteiger partial charge in [-0.1, -0.05) is 0 Å². The number of halogens is 1. The first-order chi connectivity index (χ1) is 5.27. The third-order valence-corrected chi connectivity index (χ3v) is 1.76. The second kappa shape index (κ2) is 3.69. The van der Waals surface area contributed by atoms with Crippen molar-refractivity contribution in [2.24, 2.45) is 0 Å². The van der Waals surface area contributed by atoms with Gasteiger partial charge in [-0.25, -0.2) is 4.98 Å². The van der Waals surface area contributed by atoms with Crippen molar-refractivity contribution in [2.75, 3.05) is 12.5 Å². The highest BCUT2D eigenvalue weighted by molar-refractivity contribution is 6.18. The molecular weight excluding hydrogens is 166 g/mol. The quantitative estimate of drug-likeness (QED) is 0.655. The molecule has 0 saturated heterocycles. The molecule has 5 heteroatoms. The summed E-state index contributed by atoms with van der Waals surface area (Å²) in [5.41, 5.74) is 0. The summed E-state index contributed by atoms with van der Waals surface area (Å²) in [5.74, 6) is 1.51. The SMILES string of the molecule is Cc1nc(C(CO)CCl)n[nH]1. The Hall–Kier alpha value is -0.610. The first-order valence-corrected chi connectivity index (χ1v) is 3.87. The van der Waals surface area contributed by atoms with Gasteiger partial charge in [-0.2, -0.15) is 5.10 Å². The molecule has 11 heavy (non-hydrogen) atoms. The molecule has 0 fully saturated rings. The van der Waals surface area contributed by atoms with Crippen molar-refractivity contribution in [3.8, 4) is 0 Å². The highest BCUT2D eigenvalue weighted by Crippen LogP contribution is 2.11. The van der Waals surface area contributed by atoms with Gasteiger partial charge in [0.2, 0.25) is 0 Å². The summed E-state index contributed by atoms with van der Waals surface area (Å²) in [6.07, 6.45) is 0. The van der Waals surface area contributed by atoms with Crippen LogP contribution in [-0.4, -0.2) is 32.8 Å². The largest absolute Gasteiger partial charge is 0.396 e. The molecule has 0 saturated carbocycles. The van der Waals surface area contributed by atoms with Crippen LogP contribution in [0.3, 0.4) is 0 Å². The molecule has 0 aliphatic rings. The lowest BCUT2D eigenvalue weighted by Crippen LogP contribution is -2.07. The van der Waals surface area contributed by atoms with Crippen molar-refractivity contribution >= 4 is 11.6 Å². The van der Waals surface area contributed by atoms with Crippen molar-refractivity contribution in [3.05, 3.63) is 11.6 Å². The number of alkyl halides is 1. The Morgan fingerprint density at radius 2 is 2.45 bits per heavy atom. The summed E-state index contributed by atoms with van der Waals surface area (Å²) < 4.78 is 0. The summed E-state index contributed by atoms with van der Waals surface area (Å²) in [5, 5.41) is 15.4. The van der Waals surface area contributed by atoms with Gasteiger partial charge in [-0.05, 0) is 6.92 Å². The summed E-state index contributed by atoms with van der Waals surface area (Å²) in [6.45, 7) is 1.79. The van der Waals surface area contributed by atoms with Crippen LogP contribution in [0.4, 0.5) is 0 Å². The predicted octanol–water partition coefficient (Wildman–Crippen LogP) is 0.428. The van der Waals surface area contributed by atoms with E-state index in [1.54, 1.807) is 6.92 Å². The second-order valence-corrected chi connectivity index (χ2v) is 2.62. The van der Waals surface area contributed by atoms with E-state index in [-0.39, 0.29) is 12.5 Å². The fraction of sp³-hybridized carbons (Fsp3) is 0.667. The zero-order chi connectivity index (χ0) is 8.27. The van der Waals surface area contributed by atoms with Gasteiger partial charge in [0, 0.05) is 5.88 Å². The Morgan fingerprint density at radius 1 is 1.73 bits per heavy atom. The van der Waals surface area contributed by atoms with Crippen LogP contribution in [0.1, 0.15) is 17.6 Å². The van der Waals surface area contributed by atoms with E-state index in [1.165, 1.54) is 0 Å². The first-order valence-electron chi connectivity index (χ1n) is 3.33. The van der Waals surface area contributed by atoms with Crippen LogP contribution in [0.25, 0.3) is 0 Å². The molecule has 2 N–H and O–H groups in total. The van der Waals surface area contributed by atoms with Crippen molar-refractivity contribution in [2.45, 2.75) is 12.8 Å². The molecular formula is C6H10ClN3O. The van der Waals surface area contributed by atoms with E-state index in [4.69, 9.17) is 16.7 Å². The third-order valence-electron chi connectivity index (χ3n) is 1.39. The zero-order valence-corrected chi connectivity index (χ0v) is 6.97. The van der Waals surface area contributed by atoms with Gasteiger partial charge < -0.3 is 5.11 Å². The first kappa shape index (κ1) is 8.49. The number of hydrogen-bond acceptors (Lipinski definition) is 3. The highest BCUT2D eigenvalue weighted by atomic mass is 35.5. The molecule has 0 radical (unpaired) electrons. The van der Waals surface area contributed by atoms with E-state index in [1.807, 2.05) is 0 Å². The molecule has 0 aromatic carbocycles. The molecule has 1 aromatic rings. The molecule has 0 amide bonds. The molecule has 1 rings (SSSR count). The summed E-state index contributed by atoms with van der Waals surface area (Å²) in [6, 6.07) is 0. The maximum Gasteiger partial charge on any atom is 0.157 e. The molecule has 0 aliphatic carbocycles. The van der Waals surface area contributed by atoms with E-state index in [2.05, 4.69) is 15.2 Å². The maximum atomic E-state index is 8.81. The lowest BCUT2D eigenvalue weighted by molar-refractivity contribution is 0.270. The Balaban J connectivity index is 2.73. The number of nitrogens with one attached hydrogen (secondary N) is 1. The zero-order valence-electron chi connectivity index (χ0n) is 6.21. The number of rotatable bonds is 3. The molecule has 4 nitrogen and oxygen atoms in total. The normalized spacial score (nSPS) is 13.4. The Labute approximate surface area is 69.6 Å². The number of H-pyrrole nitrogens is 1. The molecule has 0 aliphatic heterocycles. The minimum atomic E-state index is -0.151. The van der Waals surface area contributed by atoms with Crippen molar-refractivity contribution in [1.82, 2.24) is 15.2 Å². The van der Waals surface area contributed by atoms with Crippen molar-refractivity contribution in [3.63, 3.8) is 0 Å². The number of hydrogen-bond donors (Lipinski definition) is 2. The van der Waals surface area contributed by atoms with Gasteiger partial charge in [-0.3, -0.25) is 5.10 Å². The van der Waals surface area contributed by atoms with Crippen LogP contribution in [0.5, 0.6) is 0 Å². The van der Waals surface area contributed by atoms with Gasteiger partial charge in [-0.15, -0.1) is 11.6 Å². The fourth-order valence-electron chi connectivity index (χ4n) is 0.742. The molecule has 62 valence electrons. The molecule has 1 aromatic heterocycles. The van der Waals surface area contributed by atoms with Gasteiger partial charge in [0.25, 0.3) is 0 Å². The summed E-state index contributed by atoms with van der Waals surface area (Å²) in [7, 11) is 0. The fourth-order valence-corrected chi connectivity index (χ4v) is 0.978. The van der Waals surface area contributed by atoms with Crippen LogP contribution < -0.4 is 0 Å². The van der Waals surface area contributed by atoms with E-state index in [0.29, 0.717) is 11.7 Å². The molecule has 0 bridgehead atoms. The molecule has 1 atom stereocenters. The van der Waals surface area contributed by atoms with Crippen molar-refractivity contribution < 1.29 is 5.11 Å². The van der Waals surface area contributed by atoms with E-state index >= 15 is 0 Å². The second-order valence-electron chi connectivity index (χ2n) is 2.31. The Kier molecular flexibility index (Phi) is 2.84. The Bertz CT molecular complexity index is 221. The number of aromatic amines is 1. The number of nitrogens with zero attached hydrogens (tertiary/aromatic N) is 2. The van der Waals surface area contributed by atoms with Gasteiger partial charge >= 0.3 is 0 Å². The summed E-state index contributed by atoms with van der Waals surface area (Å²) >= 11 is 5.56. The van der Waals surface area contributed by atoms with Crippen LogP contribution in [0.2, 0.25) is 0 Å². The molecule has 1 heterocycles. The standard InChI is InChI=1S/C6H10ClN3O/c1-4-8-6(10-9-4)5(2-7)3-11/h5,11H,2-3H2,1H3,(H,8,9,10). The van der Waals surface area contributed by atoms with Gasteiger partial charge in [0.1, 0.15) is 5.82 Å². The van der Waals surface area contributed by atoms with Gasteiger partial charge in [0.15, 0.2) is 5.82 Å². The number of aliphatic hydroxyl groups excluding tert-OH is 1. The van der Waals surface area contributed by atoms with Crippen molar-refractivity contribution in [1.29, 1.82) is 0 Å². The topological polar surface area (TPSA) is 61.8 Å². The van der Waals surface area contributed by atoms with Crippen LogP contribution in [-0.2, 0) is 0 Å². The predicted molar refractivity (Wildman–Crippen MR) is 41.7 cm³/mol. The minimum Gasteiger partial charge on any atom is -0.396 e. The van der Waals surface area contributed by atoms with Crippen LogP contribution in [0, 0.1) is 6.92 Å². The minimum absolute atomic E-state index is 0.0131. The average molecular weight is 176 g/mol. The molecule has 0 spiro atoms. The van der Waals surface area contributed by atoms with E-state index in [9.17, 15) is 0 Å². The van der Waals surface area contributed by atoms with Gasteiger partial charge in [0.05, 0.1) is 12.5 Å². The monoisotopic (exact) mass is 175 g/mol. The average Bonchev–Trinajstić information content (AvgIpc) is 2.39. The smallest absolute Gasteiger partial charge is 0.157 e. The lowest BCUT2D eigenvalue weighted by Gasteiger charge is -2.02. The van der Waals surface area contributed by atoms with Crippen LogP contribution in [0.15, 0.2) is 0 Å². The van der Waals surface area contributed by atoms with E-state index < -0.39 is 0 Å². The highest BCUT2D eigenvalue weighted by Gasteiger charge is 2.13. The number of aromatic nitrogens is 3. The third kappa shape index (κ3) is 1.91. The maximum absolute atomic E-state index is 8.81. The lowest BCUT2D eigenvalue weighted by atomic mass is 10.2. The Morgan fingerprint density at radius 3 is 2.82 bits per heavy atom. The van der Waals surface area contributed by atoms with Crippen LogP contribution >= 0.6 is 11.6 Å². The van der Waals surface area contributed by atoms with E-state index in [0.717, 1.165) is 5.82 Å². The number of aliphatic hydroxyl groups is 1. The number of aryl methyl sites for hydroxylation is 1. The summed E-state index contributed by atoms with van der Waals surface area (Å²) in [4.78, 5) is 4.04. The molecule has 1 unspecified atom stereocenters.